The highest BCUT2D eigenvalue weighted by Crippen LogP contribution is 2.23. The third kappa shape index (κ3) is 9.37. The minimum atomic E-state index is -3.83. The van der Waals surface area contributed by atoms with Crippen LogP contribution in [0.4, 0.5) is 5.69 Å². The molecule has 2 amide bonds. The van der Waals surface area contributed by atoms with Crippen molar-refractivity contribution in [1.82, 2.24) is 10.2 Å². The molecule has 0 spiro atoms. The molecule has 0 bridgehead atoms. The van der Waals surface area contributed by atoms with Gasteiger partial charge in [-0.25, -0.2) is 8.42 Å². The van der Waals surface area contributed by atoms with Gasteiger partial charge in [0.15, 0.2) is 0 Å². The van der Waals surface area contributed by atoms with Gasteiger partial charge in [-0.3, -0.25) is 13.9 Å². The Morgan fingerprint density at radius 3 is 2.26 bits per heavy atom. The first-order valence-corrected chi connectivity index (χ1v) is 15.7. The summed E-state index contributed by atoms with van der Waals surface area (Å²) in [5, 5.41) is 3.42. The van der Waals surface area contributed by atoms with E-state index >= 15 is 0 Å². The Labute approximate surface area is 244 Å². The van der Waals surface area contributed by atoms with Crippen LogP contribution in [0.5, 0.6) is 0 Å². The van der Waals surface area contributed by atoms with E-state index in [1.807, 2.05) is 61.5 Å². The smallest absolute Gasteiger partial charge is 0.244 e. The highest BCUT2D eigenvalue weighted by Gasteiger charge is 2.33. The lowest BCUT2D eigenvalue weighted by Crippen LogP contribution is -2.53. The van der Waals surface area contributed by atoms with Crippen molar-refractivity contribution in [3.8, 4) is 0 Å². The van der Waals surface area contributed by atoms with Crippen molar-refractivity contribution in [2.75, 3.05) is 23.7 Å². The second-order valence-corrected chi connectivity index (χ2v) is 12.5. The van der Waals surface area contributed by atoms with Crippen LogP contribution in [0.2, 0.25) is 5.02 Å². The summed E-state index contributed by atoms with van der Waals surface area (Å²) in [4.78, 5) is 29.0. The van der Waals surface area contributed by atoms with Crippen molar-refractivity contribution < 1.29 is 18.0 Å². The van der Waals surface area contributed by atoms with E-state index in [9.17, 15) is 18.0 Å². The Hall–Kier alpha value is -2.88. The van der Waals surface area contributed by atoms with Crippen LogP contribution < -0.4 is 9.62 Å². The zero-order valence-electron chi connectivity index (χ0n) is 22.0. The van der Waals surface area contributed by atoms with E-state index in [0.29, 0.717) is 17.3 Å². The maximum absolute atomic E-state index is 14.0. The molecular weight excluding hydrogens is 602 g/mol. The second-order valence-electron chi connectivity index (χ2n) is 9.25. The first-order valence-electron chi connectivity index (χ1n) is 12.7. The number of amides is 2. The molecule has 3 aromatic rings. The van der Waals surface area contributed by atoms with Gasteiger partial charge in [0, 0.05) is 29.0 Å². The molecule has 0 heterocycles. The molecule has 0 saturated carbocycles. The lowest BCUT2D eigenvalue weighted by Gasteiger charge is -2.33. The Bertz CT molecular complexity index is 1350. The third-order valence-corrected chi connectivity index (χ3v) is 8.02. The van der Waals surface area contributed by atoms with Crippen LogP contribution in [-0.4, -0.2) is 50.5 Å². The summed E-state index contributed by atoms with van der Waals surface area (Å²) in [7, 11) is -3.83. The van der Waals surface area contributed by atoms with Crippen molar-refractivity contribution in [3.63, 3.8) is 0 Å². The lowest BCUT2D eigenvalue weighted by molar-refractivity contribution is -0.140. The molecule has 39 heavy (non-hydrogen) atoms. The minimum absolute atomic E-state index is 0.120. The molecule has 0 radical (unpaired) electrons. The van der Waals surface area contributed by atoms with Gasteiger partial charge in [0.2, 0.25) is 21.8 Å². The molecule has 0 aromatic heterocycles. The average molecular weight is 635 g/mol. The van der Waals surface area contributed by atoms with Crippen LogP contribution in [0.1, 0.15) is 30.9 Å². The number of benzene rings is 3. The summed E-state index contributed by atoms with van der Waals surface area (Å²) >= 11 is 9.48. The van der Waals surface area contributed by atoms with Crippen LogP contribution in [0.15, 0.2) is 83.3 Å². The number of carbonyl (C=O) groups is 2. The number of sulfonamides is 1. The number of nitrogens with zero attached hydrogens (tertiary/aromatic N) is 2. The molecule has 0 aliphatic carbocycles. The van der Waals surface area contributed by atoms with E-state index in [-0.39, 0.29) is 18.9 Å². The number of halogens is 2. The van der Waals surface area contributed by atoms with Gasteiger partial charge in [0.05, 0.1) is 11.9 Å². The molecule has 3 aromatic carbocycles. The van der Waals surface area contributed by atoms with Crippen molar-refractivity contribution in [2.45, 2.75) is 38.8 Å². The Balaban J connectivity index is 2.02. The molecule has 1 N–H and O–H groups in total. The van der Waals surface area contributed by atoms with Crippen LogP contribution >= 0.6 is 27.5 Å². The number of hydrogen-bond donors (Lipinski definition) is 1. The molecule has 0 aliphatic heterocycles. The molecule has 10 heteroatoms. The summed E-state index contributed by atoms with van der Waals surface area (Å²) < 4.78 is 27.4. The zero-order chi connectivity index (χ0) is 28.4. The van der Waals surface area contributed by atoms with Crippen LogP contribution in [0.3, 0.4) is 0 Å². The summed E-state index contributed by atoms with van der Waals surface area (Å²) in [6.07, 6.45) is 3.04. The first-order chi connectivity index (χ1) is 18.6. The van der Waals surface area contributed by atoms with E-state index in [1.165, 1.54) is 4.90 Å². The maximum Gasteiger partial charge on any atom is 0.244 e. The van der Waals surface area contributed by atoms with Gasteiger partial charge in [-0.05, 0) is 53.9 Å². The van der Waals surface area contributed by atoms with E-state index in [0.717, 1.165) is 39.0 Å². The number of carbonyl (C=O) groups excluding carboxylic acids is 2. The largest absolute Gasteiger partial charge is 0.354 e. The fourth-order valence-electron chi connectivity index (χ4n) is 4.11. The van der Waals surface area contributed by atoms with Crippen molar-refractivity contribution in [3.05, 3.63) is 99.5 Å². The van der Waals surface area contributed by atoms with Gasteiger partial charge in [0.1, 0.15) is 12.6 Å². The van der Waals surface area contributed by atoms with Crippen LogP contribution in [-0.2, 0) is 32.6 Å². The molecule has 208 valence electrons. The average Bonchev–Trinajstić information content (AvgIpc) is 2.90. The van der Waals surface area contributed by atoms with Gasteiger partial charge >= 0.3 is 0 Å². The Kier molecular flexibility index (Phi) is 11.4. The third-order valence-electron chi connectivity index (χ3n) is 6.14. The van der Waals surface area contributed by atoms with Gasteiger partial charge in [-0.1, -0.05) is 83.3 Å². The molecule has 7 nitrogen and oxygen atoms in total. The predicted octanol–water partition coefficient (Wildman–Crippen LogP) is 5.42. The lowest BCUT2D eigenvalue weighted by atomic mass is 10.0. The molecule has 0 aliphatic rings. The van der Waals surface area contributed by atoms with E-state index in [4.69, 9.17) is 11.6 Å². The van der Waals surface area contributed by atoms with Crippen molar-refractivity contribution in [1.29, 1.82) is 0 Å². The second kappa shape index (κ2) is 14.5. The predicted molar refractivity (Wildman–Crippen MR) is 160 cm³/mol. The highest BCUT2D eigenvalue weighted by atomic mass is 79.9. The maximum atomic E-state index is 14.0. The number of unbranched alkanes of at least 4 members (excludes halogenated alkanes) is 1. The van der Waals surface area contributed by atoms with E-state index < -0.39 is 28.5 Å². The number of nitrogens with one attached hydrogen (secondary N) is 1. The fourth-order valence-corrected chi connectivity index (χ4v) is 5.54. The monoisotopic (exact) mass is 633 g/mol. The Morgan fingerprint density at radius 2 is 1.64 bits per heavy atom. The summed E-state index contributed by atoms with van der Waals surface area (Å²) in [6.45, 7) is 2.17. The van der Waals surface area contributed by atoms with Gasteiger partial charge in [-0.2, -0.15) is 0 Å². The Morgan fingerprint density at radius 1 is 0.974 bits per heavy atom. The number of rotatable bonds is 13. The minimum Gasteiger partial charge on any atom is -0.354 e. The van der Waals surface area contributed by atoms with Crippen LogP contribution in [0, 0.1) is 0 Å². The van der Waals surface area contributed by atoms with Gasteiger partial charge in [0.25, 0.3) is 0 Å². The normalized spacial score (nSPS) is 12.0. The van der Waals surface area contributed by atoms with E-state index in [1.54, 1.807) is 24.3 Å². The molecule has 0 fully saturated rings. The van der Waals surface area contributed by atoms with Crippen molar-refractivity contribution >= 4 is 55.1 Å². The topological polar surface area (TPSA) is 86.8 Å². The van der Waals surface area contributed by atoms with Gasteiger partial charge in [-0.15, -0.1) is 0 Å². The zero-order valence-corrected chi connectivity index (χ0v) is 25.2. The molecule has 1 atom stereocenters. The summed E-state index contributed by atoms with van der Waals surface area (Å²) in [5.41, 5.74) is 2.00. The highest BCUT2D eigenvalue weighted by molar-refractivity contribution is 9.10. The SMILES string of the molecule is CCCCNC(=O)[C@@H](Cc1ccccc1)N(Cc1cccc(Br)c1)C(=O)CN(c1ccc(Cl)cc1)S(C)(=O)=O. The summed E-state index contributed by atoms with van der Waals surface area (Å²) in [5.74, 6) is -0.782. The van der Waals surface area contributed by atoms with Crippen LogP contribution in [0.25, 0.3) is 0 Å². The van der Waals surface area contributed by atoms with Gasteiger partial charge < -0.3 is 10.2 Å². The molecule has 3 rings (SSSR count). The fraction of sp³-hybridized carbons (Fsp3) is 0.310. The van der Waals surface area contributed by atoms with Crippen molar-refractivity contribution in [2.24, 2.45) is 0 Å². The first kappa shape index (κ1) is 30.7. The number of hydrogen-bond acceptors (Lipinski definition) is 4. The van der Waals surface area contributed by atoms with E-state index in [2.05, 4.69) is 21.2 Å². The molecular formula is C29H33BrClN3O4S. The number of anilines is 1. The molecule has 0 saturated heterocycles. The molecule has 0 unspecified atom stereocenters. The quantitative estimate of drug-likeness (QED) is 0.254. The standard InChI is InChI=1S/C29H33BrClN3O4S/c1-3-4-17-32-29(36)27(19-22-9-6-5-7-10-22)33(20-23-11-8-12-24(30)18-23)28(35)21-34(39(2,37)38)26-15-13-25(31)14-16-26/h5-16,18,27H,3-4,17,19-21H2,1-2H3,(H,32,36)/t27-/m1/s1. The summed E-state index contributed by atoms with van der Waals surface area (Å²) in [6, 6.07) is 22.3.